The third kappa shape index (κ3) is 3.43. The van der Waals surface area contributed by atoms with E-state index < -0.39 is 0 Å². The Morgan fingerprint density at radius 1 is 1.64 bits per heavy atom. The molecule has 0 radical (unpaired) electrons. The molecule has 0 aliphatic carbocycles. The molecule has 1 aliphatic heterocycles. The van der Waals surface area contributed by atoms with E-state index in [2.05, 4.69) is 15.0 Å². The van der Waals surface area contributed by atoms with Gasteiger partial charge < -0.3 is 4.74 Å². The number of rotatable bonds is 4. The van der Waals surface area contributed by atoms with Gasteiger partial charge in [-0.3, -0.25) is 14.8 Å². The average molecular weight is 356 g/mol. The second-order valence-corrected chi connectivity index (χ2v) is 7.48. The van der Waals surface area contributed by atoms with Crippen molar-refractivity contribution in [3.63, 3.8) is 0 Å². The summed E-state index contributed by atoms with van der Waals surface area (Å²) in [5.74, 6) is 1.53. The monoisotopic (exact) mass is 356 g/mol. The molecule has 1 N–H and O–H groups in total. The number of thiophene rings is 1. The molecule has 1 saturated heterocycles. The second-order valence-electron chi connectivity index (χ2n) is 4.86. The fourth-order valence-electron chi connectivity index (χ4n) is 2.28. The Morgan fingerprint density at radius 3 is 3.23 bits per heavy atom. The van der Waals surface area contributed by atoms with E-state index in [1.54, 1.807) is 23.1 Å². The van der Waals surface area contributed by atoms with E-state index in [4.69, 9.17) is 17.0 Å². The van der Waals surface area contributed by atoms with Crippen LogP contribution in [0.2, 0.25) is 0 Å². The molecule has 118 valence electrons. The van der Waals surface area contributed by atoms with Crippen LogP contribution in [-0.4, -0.2) is 56.8 Å². The standard InChI is InChI=1S/C13H16N4O2S3/c1-19-12(18)10-7-16(4-6-22-10)8-17-13(20)14-11(15-17)9-3-2-5-21-9/h2-3,5,10H,4,6-8H2,1H3,(H,14,15,20)/t10-/m1/s1. The van der Waals surface area contributed by atoms with Crippen molar-refractivity contribution in [3.05, 3.63) is 22.3 Å². The molecular formula is C13H16N4O2S3. The summed E-state index contributed by atoms with van der Waals surface area (Å²) < 4.78 is 7.20. The molecule has 2 aromatic heterocycles. The van der Waals surface area contributed by atoms with Gasteiger partial charge in [-0.15, -0.1) is 23.1 Å². The van der Waals surface area contributed by atoms with Gasteiger partial charge in [-0.05, 0) is 23.7 Å². The molecule has 0 saturated carbocycles. The minimum Gasteiger partial charge on any atom is -0.468 e. The van der Waals surface area contributed by atoms with Gasteiger partial charge >= 0.3 is 5.97 Å². The Morgan fingerprint density at radius 2 is 2.50 bits per heavy atom. The third-order valence-corrected chi connectivity index (χ3v) is 5.74. The maximum Gasteiger partial charge on any atom is 0.320 e. The van der Waals surface area contributed by atoms with E-state index in [1.165, 1.54) is 7.11 Å². The lowest BCUT2D eigenvalue weighted by atomic mass is 10.3. The van der Waals surface area contributed by atoms with Crippen LogP contribution in [0, 0.1) is 4.77 Å². The zero-order valence-corrected chi connectivity index (χ0v) is 14.5. The summed E-state index contributed by atoms with van der Waals surface area (Å²) in [4.78, 5) is 19.3. The number of carbonyl (C=O) groups is 1. The fourth-order valence-corrected chi connectivity index (χ4v) is 4.34. The summed E-state index contributed by atoms with van der Waals surface area (Å²) in [7, 11) is 1.43. The highest BCUT2D eigenvalue weighted by atomic mass is 32.2. The van der Waals surface area contributed by atoms with Gasteiger partial charge in [0.25, 0.3) is 0 Å². The van der Waals surface area contributed by atoms with Crippen LogP contribution in [0.25, 0.3) is 10.7 Å². The number of thioether (sulfide) groups is 1. The predicted octanol–water partition coefficient (Wildman–Crippen LogP) is 2.22. The first-order valence-corrected chi connectivity index (χ1v) is 9.13. The zero-order valence-electron chi connectivity index (χ0n) is 12.0. The number of nitrogens with zero attached hydrogens (tertiary/aromatic N) is 3. The van der Waals surface area contributed by atoms with Crippen molar-refractivity contribution in [2.45, 2.75) is 11.9 Å². The Balaban J connectivity index is 1.71. The molecule has 1 fully saturated rings. The molecule has 2 aromatic rings. The van der Waals surface area contributed by atoms with Crippen LogP contribution >= 0.6 is 35.3 Å². The molecule has 0 unspecified atom stereocenters. The molecule has 0 amide bonds. The SMILES string of the molecule is COC(=O)[C@H]1CN(Cn2[nH]c(-c3cccs3)nc2=S)CCS1. The number of carbonyl (C=O) groups excluding carboxylic acids is 1. The van der Waals surface area contributed by atoms with Crippen LogP contribution in [0.1, 0.15) is 0 Å². The number of aromatic nitrogens is 3. The molecule has 1 aliphatic rings. The summed E-state index contributed by atoms with van der Waals surface area (Å²) in [5, 5.41) is 5.11. The molecule has 1 atom stereocenters. The quantitative estimate of drug-likeness (QED) is 0.669. The molecule has 0 aromatic carbocycles. The first-order chi connectivity index (χ1) is 10.7. The van der Waals surface area contributed by atoms with Crippen LogP contribution in [0.5, 0.6) is 0 Å². The van der Waals surface area contributed by atoms with E-state index in [0.29, 0.717) is 18.0 Å². The molecule has 9 heteroatoms. The lowest BCUT2D eigenvalue weighted by molar-refractivity contribution is -0.140. The summed E-state index contributed by atoms with van der Waals surface area (Å²) in [6.45, 7) is 2.17. The number of methoxy groups -OCH3 is 1. The minimum absolute atomic E-state index is 0.132. The smallest absolute Gasteiger partial charge is 0.320 e. The Hall–Kier alpha value is -1.16. The lowest BCUT2D eigenvalue weighted by Gasteiger charge is -2.30. The van der Waals surface area contributed by atoms with Gasteiger partial charge in [-0.1, -0.05) is 6.07 Å². The van der Waals surface area contributed by atoms with E-state index in [0.717, 1.165) is 23.0 Å². The molecule has 0 spiro atoms. The molecule has 0 bridgehead atoms. The highest BCUT2D eigenvalue weighted by molar-refractivity contribution is 8.00. The van der Waals surface area contributed by atoms with Gasteiger partial charge in [-0.25, -0.2) is 4.68 Å². The van der Waals surface area contributed by atoms with Crippen molar-refractivity contribution in [1.29, 1.82) is 0 Å². The van der Waals surface area contributed by atoms with Crippen molar-refractivity contribution in [2.75, 3.05) is 26.0 Å². The summed E-state index contributed by atoms with van der Waals surface area (Å²) in [6.07, 6.45) is 0. The lowest BCUT2D eigenvalue weighted by Crippen LogP contribution is -2.42. The first-order valence-electron chi connectivity index (χ1n) is 6.80. The molecule has 3 heterocycles. The number of aromatic amines is 1. The van der Waals surface area contributed by atoms with Crippen LogP contribution in [0.3, 0.4) is 0 Å². The van der Waals surface area contributed by atoms with Gasteiger partial charge in [0.1, 0.15) is 5.25 Å². The Labute approximate surface area is 141 Å². The van der Waals surface area contributed by atoms with Crippen molar-refractivity contribution >= 4 is 41.3 Å². The largest absolute Gasteiger partial charge is 0.468 e. The van der Waals surface area contributed by atoms with Crippen LogP contribution in [0.15, 0.2) is 17.5 Å². The summed E-state index contributed by atoms with van der Waals surface area (Å²) in [5.41, 5.74) is 0. The van der Waals surface area contributed by atoms with Crippen LogP contribution in [-0.2, 0) is 16.2 Å². The van der Waals surface area contributed by atoms with Crippen LogP contribution < -0.4 is 0 Å². The van der Waals surface area contributed by atoms with Gasteiger partial charge in [0.15, 0.2) is 5.82 Å². The minimum atomic E-state index is -0.165. The average Bonchev–Trinajstić information content (AvgIpc) is 3.17. The zero-order chi connectivity index (χ0) is 15.5. The van der Waals surface area contributed by atoms with Gasteiger partial charge in [0, 0.05) is 18.8 Å². The predicted molar refractivity (Wildman–Crippen MR) is 90.6 cm³/mol. The number of esters is 1. The molecular weight excluding hydrogens is 340 g/mol. The van der Waals surface area contributed by atoms with Gasteiger partial charge in [-0.2, -0.15) is 4.98 Å². The third-order valence-electron chi connectivity index (χ3n) is 3.39. The number of hydrogen-bond acceptors (Lipinski definition) is 7. The maximum atomic E-state index is 11.7. The van der Waals surface area contributed by atoms with Gasteiger partial charge in [0.2, 0.25) is 4.77 Å². The van der Waals surface area contributed by atoms with Gasteiger partial charge in [0.05, 0.1) is 18.7 Å². The molecule has 3 rings (SSSR count). The summed E-state index contributed by atoms with van der Waals surface area (Å²) in [6, 6.07) is 3.99. The van der Waals surface area contributed by atoms with E-state index in [1.807, 2.05) is 22.2 Å². The highest BCUT2D eigenvalue weighted by Crippen LogP contribution is 2.22. The number of H-pyrrole nitrogens is 1. The van der Waals surface area contributed by atoms with E-state index in [9.17, 15) is 4.79 Å². The number of nitrogens with one attached hydrogen (secondary N) is 1. The Kier molecular flexibility index (Phi) is 4.97. The maximum absolute atomic E-state index is 11.7. The second kappa shape index (κ2) is 6.95. The van der Waals surface area contributed by atoms with E-state index in [-0.39, 0.29) is 11.2 Å². The normalized spacial score (nSPS) is 19.2. The number of hydrogen-bond donors (Lipinski definition) is 1. The van der Waals surface area contributed by atoms with E-state index >= 15 is 0 Å². The summed E-state index contributed by atoms with van der Waals surface area (Å²) >= 11 is 8.58. The number of ether oxygens (including phenoxy) is 1. The van der Waals surface area contributed by atoms with Crippen molar-refractivity contribution < 1.29 is 9.53 Å². The first kappa shape index (κ1) is 15.7. The van der Waals surface area contributed by atoms with Crippen LogP contribution in [0.4, 0.5) is 0 Å². The Bertz CT molecular complexity index is 694. The van der Waals surface area contributed by atoms with Crippen molar-refractivity contribution in [2.24, 2.45) is 0 Å². The van der Waals surface area contributed by atoms with Crippen molar-refractivity contribution in [3.8, 4) is 10.7 Å². The highest BCUT2D eigenvalue weighted by Gasteiger charge is 2.27. The fraction of sp³-hybridized carbons (Fsp3) is 0.462. The topological polar surface area (TPSA) is 63.1 Å². The van der Waals surface area contributed by atoms with Crippen molar-refractivity contribution in [1.82, 2.24) is 19.7 Å². The molecule has 22 heavy (non-hydrogen) atoms. The molecule has 6 nitrogen and oxygen atoms in total.